The first kappa shape index (κ1) is 17.4. The zero-order valence-electron chi connectivity index (χ0n) is 14.9. The Kier molecular flexibility index (Phi) is 4.84. The van der Waals surface area contributed by atoms with Crippen LogP contribution in [0.2, 0.25) is 0 Å². The number of hydrogen-bond donors (Lipinski definition) is 3. The van der Waals surface area contributed by atoms with Crippen LogP contribution in [0.4, 0.5) is 17.3 Å². The van der Waals surface area contributed by atoms with E-state index >= 15 is 0 Å². The van der Waals surface area contributed by atoms with E-state index in [0.717, 1.165) is 22.6 Å². The van der Waals surface area contributed by atoms with Gasteiger partial charge in [0.1, 0.15) is 5.75 Å². The molecule has 3 aromatic rings. The van der Waals surface area contributed by atoms with Crippen LogP contribution in [0, 0.1) is 20.8 Å². The molecule has 0 bridgehead atoms. The number of amides is 1. The van der Waals surface area contributed by atoms with E-state index in [0.29, 0.717) is 17.2 Å². The van der Waals surface area contributed by atoms with Crippen molar-refractivity contribution in [1.82, 2.24) is 9.97 Å². The van der Waals surface area contributed by atoms with Crippen molar-refractivity contribution in [2.75, 3.05) is 10.6 Å². The van der Waals surface area contributed by atoms with Gasteiger partial charge in [-0.2, -0.15) is 0 Å². The average molecular weight is 348 g/mol. The van der Waals surface area contributed by atoms with Crippen molar-refractivity contribution in [3.63, 3.8) is 0 Å². The number of nitrogens with zero attached hydrogens (tertiary/aromatic N) is 2. The van der Waals surface area contributed by atoms with E-state index in [1.807, 2.05) is 26.8 Å². The molecule has 26 heavy (non-hydrogen) atoms. The van der Waals surface area contributed by atoms with Gasteiger partial charge in [0.05, 0.1) is 0 Å². The summed E-state index contributed by atoms with van der Waals surface area (Å²) in [5, 5.41) is 15.4. The monoisotopic (exact) mass is 348 g/mol. The number of aromatic hydroxyl groups is 1. The highest BCUT2D eigenvalue weighted by atomic mass is 16.3. The Labute approximate surface area is 152 Å². The largest absolute Gasteiger partial charge is 0.508 e. The standard InChI is InChI=1S/C20H20N4O2/c1-12-10-17(25)8-9-18(12)24-19(26)15-4-6-16(7-5-15)23-20-21-13(2)11-14(3)22-20/h4-11,25H,1-3H3,(H,24,26)(H,21,22,23). The highest BCUT2D eigenvalue weighted by Crippen LogP contribution is 2.21. The Morgan fingerprint density at radius 1 is 0.923 bits per heavy atom. The number of aromatic nitrogens is 2. The number of phenols is 1. The Morgan fingerprint density at radius 3 is 2.19 bits per heavy atom. The molecule has 1 heterocycles. The molecule has 0 saturated heterocycles. The second-order valence-electron chi connectivity index (χ2n) is 6.13. The third-order valence-electron chi connectivity index (χ3n) is 3.84. The molecular weight excluding hydrogens is 328 g/mol. The van der Waals surface area contributed by atoms with Crippen molar-refractivity contribution < 1.29 is 9.90 Å². The van der Waals surface area contributed by atoms with Crippen LogP contribution in [-0.4, -0.2) is 21.0 Å². The Hall–Kier alpha value is -3.41. The lowest BCUT2D eigenvalue weighted by molar-refractivity contribution is 0.102. The minimum absolute atomic E-state index is 0.171. The lowest BCUT2D eigenvalue weighted by atomic mass is 10.1. The van der Waals surface area contributed by atoms with Gasteiger partial charge in [0.15, 0.2) is 0 Å². The minimum atomic E-state index is -0.215. The summed E-state index contributed by atoms with van der Waals surface area (Å²) in [5.41, 5.74) is 4.57. The predicted octanol–water partition coefficient (Wildman–Crippen LogP) is 4.10. The van der Waals surface area contributed by atoms with Gasteiger partial charge < -0.3 is 15.7 Å². The van der Waals surface area contributed by atoms with Crippen LogP contribution in [-0.2, 0) is 0 Å². The molecule has 3 rings (SSSR count). The summed E-state index contributed by atoms with van der Waals surface area (Å²) in [4.78, 5) is 21.1. The van der Waals surface area contributed by atoms with Crippen LogP contribution in [0.15, 0.2) is 48.5 Å². The fraction of sp³-hybridized carbons (Fsp3) is 0.150. The maximum Gasteiger partial charge on any atom is 0.255 e. The number of aryl methyl sites for hydroxylation is 3. The number of anilines is 3. The number of benzene rings is 2. The molecule has 0 aliphatic heterocycles. The van der Waals surface area contributed by atoms with Crippen LogP contribution in [0.25, 0.3) is 0 Å². The molecule has 132 valence electrons. The van der Waals surface area contributed by atoms with Gasteiger partial charge in [-0.1, -0.05) is 0 Å². The van der Waals surface area contributed by atoms with Crippen molar-refractivity contribution >= 4 is 23.2 Å². The first-order valence-corrected chi connectivity index (χ1v) is 8.21. The molecule has 0 unspecified atom stereocenters. The SMILES string of the molecule is Cc1cc(C)nc(Nc2ccc(C(=O)Nc3ccc(O)cc3C)cc2)n1. The third-order valence-corrected chi connectivity index (χ3v) is 3.84. The molecule has 0 radical (unpaired) electrons. The van der Waals surface area contributed by atoms with E-state index in [4.69, 9.17) is 0 Å². The molecular formula is C20H20N4O2. The van der Waals surface area contributed by atoms with E-state index in [9.17, 15) is 9.90 Å². The molecule has 0 saturated carbocycles. The molecule has 0 aliphatic rings. The normalized spacial score (nSPS) is 10.4. The lowest BCUT2D eigenvalue weighted by Gasteiger charge is -2.10. The maximum absolute atomic E-state index is 12.4. The zero-order chi connectivity index (χ0) is 18.7. The molecule has 6 nitrogen and oxygen atoms in total. The van der Waals surface area contributed by atoms with Crippen LogP contribution in [0.3, 0.4) is 0 Å². The first-order chi connectivity index (χ1) is 12.4. The molecule has 1 amide bonds. The van der Waals surface area contributed by atoms with Gasteiger partial charge in [-0.15, -0.1) is 0 Å². The van der Waals surface area contributed by atoms with Gasteiger partial charge in [-0.3, -0.25) is 4.79 Å². The second-order valence-corrected chi connectivity index (χ2v) is 6.13. The minimum Gasteiger partial charge on any atom is -0.508 e. The van der Waals surface area contributed by atoms with Crippen molar-refractivity contribution in [3.8, 4) is 5.75 Å². The maximum atomic E-state index is 12.4. The van der Waals surface area contributed by atoms with Crippen LogP contribution in [0.1, 0.15) is 27.3 Å². The molecule has 0 aliphatic carbocycles. The Bertz CT molecular complexity index is 932. The van der Waals surface area contributed by atoms with E-state index in [2.05, 4.69) is 20.6 Å². The Balaban J connectivity index is 1.71. The number of nitrogens with one attached hydrogen (secondary N) is 2. The van der Waals surface area contributed by atoms with E-state index in [-0.39, 0.29) is 11.7 Å². The van der Waals surface area contributed by atoms with Gasteiger partial charge in [0, 0.05) is 28.3 Å². The summed E-state index contributed by atoms with van der Waals surface area (Å²) in [7, 11) is 0. The molecule has 0 fully saturated rings. The van der Waals surface area contributed by atoms with E-state index < -0.39 is 0 Å². The fourth-order valence-electron chi connectivity index (χ4n) is 2.60. The van der Waals surface area contributed by atoms with Gasteiger partial charge in [0.25, 0.3) is 5.91 Å². The van der Waals surface area contributed by atoms with Gasteiger partial charge >= 0.3 is 0 Å². The van der Waals surface area contributed by atoms with Crippen LogP contribution < -0.4 is 10.6 Å². The lowest BCUT2D eigenvalue weighted by Crippen LogP contribution is -2.12. The van der Waals surface area contributed by atoms with Gasteiger partial charge in [-0.25, -0.2) is 9.97 Å². The highest BCUT2D eigenvalue weighted by molar-refractivity contribution is 6.04. The van der Waals surface area contributed by atoms with Crippen molar-refractivity contribution in [2.45, 2.75) is 20.8 Å². The third kappa shape index (κ3) is 4.16. The summed E-state index contributed by atoms with van der Waals surface area (Å²) in [6.45, 7) is 5.66. The Morgan fingerprint density at radius 2 is 1.58 bits per heavy atom. The van der Waals surface area contributed by atoms with E-state index in [1.165, 1.54) is 0 Å². The van der Waals surface area contributed by atoms with Crippen molar-refractivity contribution in [1.29, 1.82) is 0 Å². The van der Waals surface area contributed by atoms with Gasteiger partial charge in [-0.05, 0) is 74.9 Å². The smallest absolute Gasteiger partial charge is 0.255 e. The number of carbonyl (C=O) groups excluding carboxylic acids is 1. The molecule has 1 aromatic heterocycles. The fourth-order valence-corrected chi connectivity index (χ4v) is 2.60. The number of carbonyl (C=O) groups is 1. The van der Waals surface area contributed by atoms with Crippen molar-refractivity contribution in [2.24, 2.45) is 0 Å². The summed E-state index contributed by atoms with van der Waals surface area (Å²) in [6, 6.07) is 13.8. The number of hydrogen-bond acceptors (Lipinski definition) is 5. The topological polar surface area (TPSA) is 87.1 Å². The molecule has 6 heteroatoms. The summed E-state index contributed by atoms with van der Waals surface area (Å²) >= 11 is 0. The predicted molar refractivity (Wildman–Crippen MR) is 102 cm³/mol. The summed E-state index contributed by atoms with van der Waals surface area (Å²) < 4.78 is 0. The molecule has 3 N–H and O–H groups in total. The second kappa shape index (κ2) is 7.23. The van der Waals surface area contributed by atoms with Crippen LogP contribution in [0.5, 0.6) is 5.75 Å². The zero-order valence-corrected chi connectivity index (χ0v) is 14.9. The van der Waals surface area contributed by atoms with Gasteiger partial charge in [0.2, 0.25) is 5.95 Å². The quantitative estimate of drug-likeness (QED) is 0.618. The van der Waals surface area contributed by atoms with Crippen molar-refractivity contribution in [3.05, 3.63) is 71.0 Å². The molecule has 0 spiro atoms. The number of phenolic OH excluding ortho intramolecular Hbond substituents is 1. The summed E-state index contributed by atoms with van der Waals surface area (Å²) in [6.07, 6.45) is 0. The summed E-state index contributed by atoms with van der Waals surface area (Å²) in [5.74, 6) is 0.483. The van der Waals surface area contributed by atoms with E-state index in [1.54, 1.807) is 42.5 Å². The molecule has 2 aromatic carbocycles. The number of rotatable bonds is 4. The molecule has 0 atom stereocenters. The average Bonchev–Trinajstić information content (AvgIpc) is 2.57. The van der Waals surface area contributed by atoms with Crippen LogP contribution >= 0.6 is 0 Å². The first-order valence-electron chi connectivity index (χ1n) is 8.21. The highest BCUT2D eigenvalue weighted by Gasteiger charge is 2.09.